The number of nitrogens with zero attached hydrogens (tertiary/aromatic N) is 2. The Kier molecular flexibility index (Phi) is 5.41. The topological polar surface area (TPSA) is 68.3 Å². The Morgan fingerprint density at radius 3 is 2.19 bits per heavy atom. The Morgan fingerprint density at radius 1 is 0.963 bits per heavy atom. The average molecular weight is 374 g/mol. The van der Waals surface area contributed by atoms with Crippen molar-refractivity contribution in [2.45, 2.75) is 31.6 Å². The minimum Gasteiger partial charge on any atom is -0.496 e. The molecule has 1 aliphatic carbocycles. The molecule has 0 saturated carbocycles. The van der Waals surface area contributed by atoms with Gasteiger partial charge in [0.05, 0.1) is 21.3 Å². The van der Waals surface area contributed by atoms with Crippen molar-refractivity contribution >= 4 is 11.7 Å². The summed E-state index contributed by atoms with van der Waals surface area (Å²) in [6.45, 7) is 0. The van der Waals surface area contributed by atoms with E-state index < -0.39 is 0 Å². The van der Waals surface area contributed by atoms with E-state index in [1.807, 2.05) is 20.2 Å². The molecule has 7 nitrogen and oxygen atoms in total. The normalized spacial score (nSPS) is 20.1. The van der Waals surface area contributed by atoms with Gasteiger partial charge in [-0.1, -0.05) is 0 Å². The Bertz CT molecular complexity index is 800. The number of Topliss-reactive ketones (excluding diaryl/α,β-unsaturated/α-hetero) is 1. The van der Waals surface area contributed by atoms with Crippen LogP contribution in [0.1, 0.15) is 37.2 Å². The van der Waals surface area contributed by atoms with E-state index in [1.165, 1.54) is 0 Å². The van der Waals surface area contributed by atoms with Crippen LogP contribution < -0.4 is 14.2 Å². The molecule has 1 aromatic carbocycles. The third-order valence-electron chi connectivity index (χ3n) is 5.16. The number of hydrogen-bond donors (Lipinski definition) is 0. The van der Waals surface area contributed by atoms with Gasteiger partial charge in [0.15, 0.2) is 17.3 Å². The minimum atomic E-state index is -0.355. The smallest absolute Gasteiger partial charge is 0.242 e. The fraction of sp³-hybridized carbons (Fsp3) is 0.500. The number of carbonyl (C=O) groups excluding carboxylic acids is 2. The lowest BCUT2D eigenvalue weighted by atomic mass is 9.77. The predicted octanol–water partition coefficient (Wildman–Crippen LogP) is 2.51. The van der Waals surface area contributed by atoms with Crippen LogP contribution in [-0.2, 0) is 9.59 Å². The molecule has 0 saturated heterocycles. The summed E-state index contributed by atoms with van der Waals surface area (Å²) in [4.78, 5) is 25.8. The summed E-state index contributed by atoms with van der Waals surface area (Å²) in [5.41, 5.74) is 2.28. The summed E-state index contributed by atoms with van der Waals surface area (Å²) in [6.07, 6.45) is 2.16. The van der Waals surface area contributed by atoms with Gasteiger partial charge in [0.1, 0.15) is 5.75 Å². The summed E-state index contributed by atoms with van der Waals surface area (Å²) in [5, 5.41) is 3.38. The van der Waals surface area contributed by atoms with Gasteiger partial charge in [-0.25, -0.2) is 10.0 Å². The van der Waals surface area contributed by atoms with Crippen molar-refractivity contribution in [3.05, 3.63) is 29.0 Å². The predicted molar refractivity (Wildman–Crippen MR) is 99.9 cm³/mol. The second-order valence-electron chi connectivity index (χ2n) is 6.90. The van der Waals surface area contributed by atoms with Crippen molar-refractivity contribution in [2.75, 3.05) is 35.4 Å². The van der Waals surface area contributed by atoms with Gasteiger partial charge in [0.25, 0.3) is 0 Å². The lowest BCUT2D eigenvalue weighted by Crippen LogP contribution is -2.47. The van der Waals surface area contributed by atoms with Crippen molar-refractivity contribution in [3.8, 4) is 17.2 Å². The maximum absolute atomic E-state index is 12.9. The highest BCUT2D eigenvalue weighted by Gasteiger charge is 2.41. The standard InChI is InChI=1S/C20H26N2O5/c1-21(2)22-14-7-6-8-15(23)20(14)13(10-19(22)24)12-9-17(26-4)18(27-5)11-16(12)25-3/h9,11,13H,6-8,10H2,1-5H3/t13-/m1/s1. The quantitative estimate of drug-likeness (QED) is 0.789. The van der Waals surface area contributed by atoms with Crippen LogP contribution in [0, 0.1) is 0 Å². The molecule has 0 fully saturated rings. The second kappa shape index (κ2) is 7.60. The van der Waals surface area contributed by atoms with Gasteiger partial charge < -0.3 is 14.2 Å². The summed E-state index contributed by atoms with van der Waals surface area (Å²) in [5.74, 6) is 1.37. The first-order valence-electron chi connectivity index (χ1n) is 8.99. The van der Waals surface area contributed by atoms with Gasteiger partial charge in [-0.3, -0.25) is 9.59 Å². The van der Waals surface area contributed by atoms with Crippen LogP contribution in [0.4, 0.5) is 0 Å². The molecule has 146 valence electrons. The first-order chi connectivity index (χ1) is 12.9. The highest BCUT2D eigenvalue weighted by Crippen LogP contribution is 2.47. The maximum Gasteiger partial charge on any atom is 0.242 e. The van der Waals surface area contributed by atoms with E-state index >= 15 is 0 Å². The average Bonchev–Trinajstić information content (AvgIpc) is 2.65. The lowest BCUT2D eigenvalue weighted by molar-refractivity contribution is -0.143. The molecule has 1 aromatic rings. The van der Waals surface area contributed by atoms with Crippen LogP contribution in [0.25, 0.3) is 0 Å². The number of benzene rings is 1. The van der Waals surface area contributed by atoms with E-state index in [0.717, 1.165) is 17.7 Å². The lowest BCUT2D eigenvalue weighted by Gasteiger charge is -2.41. The number of hydrogen-bond acceptors (Lipinski definition) is 6. The summed E-state index contributed by atoms with van der Waals surface area (Å²) in [6, 6.07) is 3.55. The molecule has 1 aliphatic heterocycles. The highest BCUT2D eigenvalue weighted by molar-refractivity contribution is 6.01. The largest absolute Gasteiger partial charge is 0.496 e. The molecule has 0 spiro atoms. The summed E-state index contributed by atoms with van der Waals surface area (Å²) in [7, 11) is 8.32. The molecule has 27 heavy (non-hydrogen) atoms. The number of methoxy groups -OCH3 is 3. The van der Waals surface area contributed by atoms with E-state index in [9.17, 15) is 9.59 Å². The molecule has 0 bridgehead atoms. The molecule has 1 amide bonds. The SMILES string of the molecule is COc1cc(OC)c([C@H]2CC(=O)N(N(C)C)C3=C2C(=O)CCC3)cc1OC. The van der Waals surface area contributed by atoms with Crippen molar-refractivity contribution < 1.29 is 23.8 Å². The summed E-state index contributed by atoms with van der Waals surface area (Å²) < 4.78 is 16.3. The third-order valence-corrected chi connectivity index (χ3v) is 5.16. The highest BCUT2D eigenvalue weighted by atomic mass is 16.5. The first-order valence-corrected chi connectivity index (χ1v) is 8.99. The van der Waals surface area contributed by atoms with E-state index in [0.29, 0.717) is 35.7 Å². The number of hydrazine groups is 1. The molecular formula is C20H26N2O5. The summed E-state index contributed by atoms with van der Waals surface area (Å²) >= 11 is 0. The second-order valence-corrected chi connectivity index (χ2v) is 6.90. The number of rotatable bonds is 5. The van der Waals surface area contributed by atoms with Crippen molar-refractivity contribution in [3.63, 3.8) is 0 Å². The molecule has 2 aliphatic rings. The van der Waals surface area contributed by atoms with Gasteiger partial charge in [0, 0.05) is 55.8 Å². The van der Waals surface area contributed by atoms with Crippen LogP contribution in [-0.4, -0.2) is 57.1 Å². The van der Waals surface area contributed by atoms with E-state index in [-0.39, 0.29) is 24.0 Å². The molecule has 7 heteroatoms. The van der Waals surface area contributed by atoms with Gasteiger partial charge in [-0.15, -0.1) is 0 Å². The van der Waals surface area contributed by atoms with Gasteiger partial charge in [-0.2, -0.15) is 0 Å². The molecule has 3 rings (SSSR count). The Hall–Kier alpha value is -2.54. The van der Waals surface area contributed by atoms with Crippen LogP contribution in [0.15, 0.2) is 23.4 Å². The van der Waals surface area contributed by atoms with E-state index in [2.05, 4.69) is 0 Å². The Morgan fingerprint density at radius 2 is 1.59 bits per heavy atom. The van der Waals surface area contributed by atoms with Crippen LogP contribution in [0.3, 0.4) is 0 Å². The fourth-order valence-corrected chi connectivity index (χ4v) is 4.03. The van der Waals surface area contributed by atoms with E-state index in [1.54, 1.807) is 37.4 Å². The zero-order valence-electron chi connectivity index (χ0n) is 16.5. The molecule has 1 heterocycles. The van der Waals surface area contributed by atoms with Crippen molar-refractivity contribution in [1.29, 1.82) is 0 Å². The van der Waals surface area contributed by atoms with Crippen molar-refractivity contribution in [1.82, 2.24) is 10.0 Å². The zero-order valence-corrected chi connectivity index (χ0v) is 16.5. The molecule has 0 radical (unpaired) electrons. The maximum atomic E-state index is 12.9. The van der Waals surface area contributed by atoms with Crippen LogP contribution in [0.2, 0.25) is 0 Å². The zero-order chi connectivity index (χ0) is 19.7. The van der Waals surface area contributed by atoms with Crippen LogP contribution in [0.5, 0.6) is 17.2 Å². The van der Waals surface area contributed by atoms with Gasteiger partial charge in [0.2, 0.25) is 5.91 Å². The minimum absolute atomic E-state index is 0.0321. The molecule has 1 atom stereocenters. The van der Waals surface area contributed by atoms with Gasteiger partial charge >= 0.3 is 0 Å². The molecular weight excluding hydrogens is 348 g/mol. The number of allylic oxidation sites excluding steroid dienone is 2. The third kappa shape index (κ3) is 3.27. The Labute approximate surface area is 159 Å². The van der Waals surface area contributed by atoms with Crippen molar-refractivity contribution in [2.24, 2.45) is 0 Å². The monoisotopic (exact) mass is 374 g/mol. The van der Waals surface area contributed by atoms with Crippen LogP contribution >= 0.6 is 0 Å². The number of carbonyl (C=O) groups is 2. The number of amides is 1. The van der Waals surface area contributed by atoms with E-state index in [4.69, 9.17) is 14.2 Å². The number of ketones is 1. The fourth-order valence-electron chi connectivity index (χ4n) is 4.03. The first kappa shape index (κ1) is 19.2. The molecule has 0 aromatic heterocycles. The number of ether oxygens (including phenoxy) is 3. The Balaban J connectivity index is 2.20. The van der Waals surface area contributed by atoms with Gasteiger partial charge in [-0.05, 0) is 18.9 Å². The molecule has 0 unspecified atom stereocenters. The molecule has 0 N–H and O–H groups in total.